The number of imidazole rings is 1. The smallest absolute Gasteiger partial charge is 0.434 e. The van der Waals surface area contributed by atoms with Crippen LogP contribution in [0.4, 0.5) is 13.2 Å². The highest BCUT2D eigenvalue weighted by atomic mass is 28.3. The van der Waals surface area contributed by atoms with Crippen LogP contribution in [0.5, 0.6) is 5.88 Å². The first-order valence-electron chi connectivity index (χ1n) is 14.9. The lowest BCUT2D eigenvalue weighted by molar-refractivity contribution is -0.140. The first-order chi connectivity index (χ1) is 21.4. The second kappa shape index (κ2) is 12.0. The van der Waals surface area contributed by atoms with E-state index in [0.717, 1.165) is 58.5 Å². The summed E-state index contributed by atoms with van der Waals surface area (Å²) in [5, 5.41) is 5.87. The molecule has 1 fully saturated rings. The Morgan fingerprint density at radius 3 is 2.44 bits per heavy atom. The van der Waals surface area contributed by atoms with E-state index >= 15 is 0 Å². The molecule has 0 atom stereocenters. The number of nitrogens with zero attached hydrogens (tertiary/aromatic N) is 7. The van der Waals surface area contributed by atoms with E-state index in [1.165, 1.54) is 10.9 Å². The van der Waals surface area contributed by atoms with Crippen LogP contribution < -0.4 is 4.74 Å². The van der Waals surface area contributed by atoms with E-state index in [2.05, 4.69) is 34.6 Å². The molecule has 45 heavy (non-hydrogen) atoms. The van der Waals surface area contributed by atoms with Crippen LogP contribution in [0.3, 0.4) is 0 Å². The van der Waals surface area contributed by atoms with Crippen molar-refractivity contribution in [3.63, 3.8) is 0 Å². The Bertz CT molecular complexity index is 1820. The Labute approximate surface area is 260 Å². The van der Waals surface area contributed by atoms with Gasteiger partial charge < -0.3 is 14.0 Å². The molecule has 1 aliphatic carbocycles. The third-order valence-corrected chi connectivity index (χ3v) is 9.63. The van der Waals surface area contributed by atoms with Gasteiger partial charge in [0.1, 0.15) is 18.9 Å². The molecule has 1 saturated carbocycles. The summed E-state index contributed by atoms with van der Waals surface area (Å²) in [7, 11) is 1.90. The maximum atomic E-state index is 13.2. The number of alkyl halides is 3. The second-order valence-corrected chi connectivity index (χ2v) is 18.4. The minimum absolute atomic E-state index is 0.250. The van der Waals surface area contributed by atoms with Crippen molar-refractivity contribution in [2.24, 2.45) is 7.05 Å². The van der Waals surface area contributed by atoms with Crippen LogP contribution in [-0.2, 0) is 31.1 Å². The molecule has 0 radical (unpaired) electrons. The first kappa shape index (κ1) is 30.9. The summed E-state index contributed by atoms with van der Waals surface area (Å²) >= 11 is 0. The van der Waals surface area contributed by atoms with Gasteiger partial charge in [0.15, 0.2) is 5.69 Å². The zero-order valence-electron chi connectivity index (χ0n) is 26.0. The third kappa shape index (κ3) is 6.78. The van der Waals surface area contributed by atoms with Crippen molar-refractivity contribution >= 4 is 19.0 Å². The van der Waals surface area contributed by atoms with Crippen molar-refractivity contribution in [3.8, 4) is 28.5 Å². The van der Waals surface area contributed by atoms with Crippen LogP contribution in [0.15, 0.2) is 49.1 Å². The Kier molecular flexibility index (Phi) is 8.25. The first-order valence-corrected chi connectivity index (χ1v) is 18.6. The highest BCUT2D eigenvalue weighted by Crippen LogP contribution is 2.45. The summed E-state index contributed by atoms with van der Waals surface area (Å²) < 4.78 is 54.6. The van der Waals surface area contributed by atoms with E-state index in [0.29, 0.717) is 42.8 Å². The number of fused-ring (bicyclic) bond motifs is 1. The number of benzene rings is 1. The molecular weight excluding hydrogens is 599 g/mol. The van der Waals surface area contributed by atoms with E-state index in [9.17, 15) is 13.2 Å². The van der Waals surface area contributed by atoms with Crippen molar-refractivity contribution in [1.82, 2.24) is 34.3 Å². The minimum atomic E-state index is -4.50. The van der Waals surface area contributed by atoms with Crippen LogP contribution in [0.2, 0.25) is 25.7 Å². The lowest BCUT2D eigenvalue weighted by Crippen LogP contribution is -2.22. The number of methoxy groups -OCH3 is 1. The van der Waals surface area contributed by atoms with E-state index < -0.39 is 19.9 Å². The molecule has 0 N–H and O–H groups in total. The minimum Gasteiger partial charge on any atom is -0.480 e. The molecule has 236 valence electrons. The average molecular weight is 636 g/mol. The summed E-state index contributed by atoms with van der Waals surface area (Å²) in [4.78, 5) is 17.6. The third-order valence-electron chi connectivity index (χ3n) is 7.93. The lowest BCUT2D eigenvalue weighted by atomic mass is 10.0. The molecule has 4 heterocycles. The molecular formula is C32H36F3N7O2Si. The molecule has 1 aliphatic rings. The van der Waals surface area contributed by atoms with Gasteiger partial charge in [-0.2, -0.15) is 18.3 Å². The van der Waals surface area contributed by atoms with Gasteiger partial charge in [-0.05, 0) is 30.5 Å². The number of ether oxygens (including phenoxy) is 2. The number of rotatable bonds is 11. The molecule has 6 rings (SSSR count). The van der Waals surface area contributed by atoms with E-state index in [-0.39, 0.29) is 5.82 Å². The number of pyridine rings is 1. The van der Waals surface area contributed by atoms with Gasteiger partial charge in [0.05, 0.1) is 41.5 Å². The molecule has 0 spiro atoms. The zero-order valence-corrected chi connectivity index (χ0v) is 27.0. The fraction of sp³-hybridized carbons (Fsp3) is 0.406. The van der Waals surface area contributed by atoms with Crippen molar-refractivity contribution in [2.75, 3.05) is 13.7 Å². The molecule has 0 bridgehead atoms. The molecule has 13 heteroatoms. The summed E-state index contributed by atoms with van der Waals surface area (Å²) in [5.41, 5.74) is 4.76. The van der Waals surface area contributed by atoms with Gasteiger partial charge in [-0.15, -0.1) is 0 Å². The number of halogens is 3. The molecule has 1 aromatic carbocycles. The van der Waals surface area contributed by atoms with Crippen molar-refractivity contribution in [2.45, 2.75) is 63.8 Å². The van der Waals surface area contributed by atoms with Gasteiger partial charge in [-0.1, -0.05) is 43.9 Å². The normalized spacial score (nSPS) is 14.0. The fourth-order valence-corrected chi connectivity index (χ4v) is 6.07. The van der Waals surface area contributed by atoms with Crippen LogP contribution >= 0.6 is 0 Å². The number of aryl methyl sites for hydroxylation is 1. The maximum absolute atomic E-state index is 13.2. The molecule has 9 nitrogen and oxygen atoms in total. The lowest BCUT2D eigenvalue weighted by Gasteiger charge is -2.15. The Morgan fingerprint density at radius 1 is 1.04 bits per heavy atom. The Balaban J connectivity index is 1.34. The maximum Gasteiger partial charge on any atom is 0.434 e. The monoisotopic (exact) mass is 635 g/mol. The number of hydrogen-bond donors (Lipinski definition) is 0. The Morgan fingerprint density at radius 2 is 1.80 bits per heavy atom. The number of aromatic nitrogens is 7. The summed E-state index contributed by atoms with van der Waals surface area (Å²) in [5.74, 6) is 1.10. The van der Waals surface area contributed by atoms with Crippen LogP contribution in [0.25, 0.3) is 33.5 Å². The van der Waals surface area contributed by atoms with E-state index in [1.807, 2.05) is 29.1 Å². The summed E-state index contributed by atoms with van der Waals surface area (Å²) in [6, 6.07) is 10.4. The number of hydrogen-bond acceptors (Lipinski definition) is 7. The van der Waals surface area contributed by atoms with Gasteiger partial charge >= 0.3 is 6.18 Å². The molecule has 0 aliphatic heterocycles. The molecule has 0 amide bonds. The SMILES string of the molecule is COc1ncnc(C2CC2)c1-c1cc2c(Cc3ccc(-c4nc(C(F)(F)F)cn4C)cc3)nn(COCC[Si](C)(C)C)c2cn1. The highest BCUT2D eigenvalue weighted by Gasteiger charge is 2.34. The van der Waals surface area contributed by atoms with Crippen molar-refractivity contribution < 1.29 is 22.6 Å². The van der Waals surface area contributed by atoms with Crippen molar-refractivity contribution in [3.05, 3.63) is 71.7 Å². The molecule has 4 aromatic heterocycles. The van der Waals surface area contributed by atoms with E-state index in [4.69, 9.17) is 19.6 Å². The van der Waals surface area contributed by atoms with Crippen LogP contribution in [0, 0.1) is 0 Å². The predicted octanol–water partition coefficient (Wildman–Crippen LogP) is 7.10. The topological polar surface area (TPSA) is 92.8 Å². The highest BCUT2D eigenvalue weighted by molar-refractivity contribution is 6.76. The summed E-state index contributed by atoms with van der Waals surface area (Å²) in [6.07, 6.45) is 2.48. The standard InChI is InChI=1S/C32H36F3N7O2Si/c1-41-17-27(32(33,34)35)39-30(41)22-8-6-20(7-9-22)14-24-23-15-25(28-29(21-10-11-21)37-18-38-31(28)43-2)36-16-26(23)42(40-24)19-44-12-13-45(3,4)5/h6-9,15-18,21H,10-14,19H2,1-5H3. The second-order valence-electron chi connectivity index (χ2n) is 12.7. The van der Waals surface area contributed by atoms with Gasteiger partial charge in [-0.3, -0.25) is 4.98 Å². The van der Waals surface area contributed by atoms with Gasteiger partial charge in [0.2, 0.25) is 5.88 Å². The molecule has 0 unspecified atom stereocenters. The fourth-order valence-electron chi connectivity index (χ4n) is 5.31. The largest absolute Gasteiger partial charge is 0.480 e. The quantitative estimate of drug-likeness (QED) is 0.113. The van der Waals surface area contributed by atoms with Gasteiger partial charge in [-0.25, -0.2) is 19.6 Å². The average Bonchev–Trinajstić information content (AvgIpc) is 3.69. The van der Waals surface area contributed by atoms with Crippen molar-refractivity contribution in [1.29, 1.82) is 0 Å². The van der Waals surface area contributed by atoms with Gasteiger partial charge in [0, 0.05) is 51.2 Å². The van der Waals surface area contributed by atoms with Gasteiger partial charge in [0.25, 0.3) is 0 Å². The molecule has 5 aromatic rings. The zero-order chi connectivity index (χ0) is 31.9. The molecule has 0 saturated heterocycles. The van der Waals surface area contributed by atoms with E-state index in [1.54, 1.807) is 26.3 Å². The summed E-state index contributed by atoms with van der Waals surface area (Å²) in [6.45, 7) is 7.90. The van der Waals surface area contributed by atoms with Crippen LogP contribution in [-0.4, -0.2) is 56.1 Å². The van der Waals surface area contributed by atoms with Crippen LogP contribution in [0.1, 0.15) is 41.4 Å². The Hall–Kier alpha value is -4.10. The predicted molar refractivity (Wildman–Crippen MR) is 168 cm³/mol.